The largest absolute Gasteiger partial charge is 0.496 e. The molecule has 1 aliphatic heterocycles. The number of aromatic nitrogens is 1. The highest BCUT2D eigenvalue weighted by atomic mass is 16.7. The Morgan fingerprint density at radius 2 is 1.75 bits per heavy atom. The predicted octanol–water partition coefficient (Wildman–Crippen LogP) is 2.64. The number of hydrogen-bond acceptors (Lipinski definition) is 3. The molecule has 1 aromatic heterocycles. The Balaban J connectivity index is 1.80. The molecule has 0 aromatic carbocycles. The molecule has 2 heterocycles. The molecule has 20 heavy (non-hydrogen) atoms. The molecule has 0 bridgehead atoms. The Morgan fingerprint density at radius 1 is 1.15 bits per heavy atom. The predicted molar refractivity (Wildman–Crippen MR) is 81.1 cm³/mol. The molecule has 3 nitrogen and oxygen atoms in total. The van der Waals surface area contributed by atoms with E-state index in [0.717, 1.165) is 23.5 Å². The van der Waals surface area contributed by atoms with E-state index < -0.39 is 0 Å². The number of pyridine rings is 1. The molecule has 0 N–H and O–H groups in total. The zero-order valence-corrected chi connectivity index (χ0v) is 13.2. The van der Waals surface area contributed by atoms with Gasteiger partial charge < -0.3 is 9.31 Å². The Bertz CT molecular complexity index is 507. The Kier molecular flexibility index (Phi) is 3.22. The van der Waals surface area contributed by atoms with Crippen LogP contribution in [0.2, 0.25) is 0 Å². The lowest BCUT2D eigenvalue weighted by molar-refractivity contribution is 0.00578. The molecule has 4 heteroatoms. The fraction of sp³-hybridized carbons (Fsp3) is 0.688. The summed E-state index contributed by atoms with van der Waals surface area (Å²) in [7, 11) is -0.303. The van der Waals surface area contributed by atoms with Crippen molar-refractivity contribution in [3.8, 4) is 0 Å². The highest BCUT2D eigenvalue weighted by Crippen LogP contribution is 2.36. The van der Waals surface area contributed by atoms with Crippen molar-refractivity contribution in [2.75, 3.05) is 0 Å². The van der Waals surface area contributed by atoms with E-state index in [0.29, 0.717) is 0 Å². The minimum Gasteiger partial charge on any atom is -0.399 e. The molecule has 1 aliphatic carbocycles. The van der Waals surface area contributed by atoms with Gasteiger partial charge in [-0.15, -0.1) is 0 Å². The third-order valence-corrected chi connectivity index (χ3v) is 4.89. The standard InChI is InChI=1S/C16H24BNO2/c1-11-14(9-8-13(18-11)10-12-6-7-12)17-19-15(2,3)16(4,5)20-17/h8-9,12H,6-7,10H2,1-5H3. The van der Waals surface area contributed by atoms with Gasteiger partial charge in [0.05, 0.1) is 11.2 Å². The van der Waals surface area contributed by atoms with Crippen LogP contribution in [0.3, 0.4) is 0 Å². The first-order valence-electron chi connectivity index (χ1n) is 7.60. The maximum atomic E-state index is 6.10. The lowest BCUT2D eigenvalue weighted by Gasteiger charge is -2.32. The Labute approximate surface area is 122 Å². The molecule has 0 amide bonds. The summed E-state index contributed by atoms with van der Waals surface area (Å²) >= 11 is 0. The van der Waals surface area contributed by atoms with E-state index in [1.165, 1.54) is 18.5 Å². The third-order valence-electron chi connectivity index (χ3n) is 4.89. The quantitative estimate of drug-likeness (QED) is 0.793. The van der Waals surface area contributed by atoms with Gasteiger partial charge in [0.2, 0.25) is 0 Å². The first-order chi connectivity index (χ1) is 9.28. The Morgan fingerprint density at radius 3 is 2.25 bits per heavy atom. The summed E-state index contributed by atoms with van der Waals surface area (Å²) in [5, 5.41) is 0. The van der Waals surface area contributed by atoms with Gasteiger partial charge in [-0.05, 0) is 65.9 Å². The van der Waals surface area contributed by atoms with Crippen LogP contribution in [-0.4, -0.2) is 23.3 Å². The average Bonchev–Trinajstić information content (AvgIpc) is 3.07. The van der Waals surface area contributed by atoms with Crippen molar-refractivity contribution in [1.29, 1.82) is 0 Å². The molecule has 1 aromatic rings. The lowest BCUT2D eigenvalue weighted by Crippen LogP contribution is -2.41. The van der Waals surface area contributed by atoms with E-state index in [2.05, 4.69) is 46.8 Å². The second-order valence-electron chi connectivity index (χ2n) is 7.21. The fourth-order valence-corrected chi connectivity index (χ4v) is 2.57. The molecule has 2 fully saturated rings. The van der Waals surface area contributed by atoms with Crippen molar-refractivity contribution in [3.05, 3.63) is 23.5 Å². The number of nitrogens with zero attached hydrogens (tertiary/aromatic N) is 1. The van der Waals surface area contributed by atoms with E-state index in [4.69, 9.17) is 14.3 Å². The maximum Gasteiger partial charge on any atom is 0.496 e. The zero-order chi connectivity index (χ0) is 14.5. The van der Waals surface area contributed by atoms with Crippen LogP contribution in [0.4, 0.5) is 0 Å². The molecule has 2 aliphatic rings. The topological polar surface area (TPSA) is 31.4 Å². The van der Waals surface area contributed by atoms with Crippen molar-refractivity contribution in [2.45, 2.75) is 65.1 Å². The van der Waals surface area contributed by atoms with E-state index >= 15 is 0 Å². The minimum atomic E-state index is -0.303. The summed E-state index contributed by atoms with van der Waals surface area (Å²) in [6.07, 6.45) is 3.84. The summed E-state index contributed by atoms with van der Waals surface area (Å²) in [5.41, 5.74) is 2.70. The summed E-state index contributed by atoms with van der Waals surface area (Å²) in [6, 6.07) is 4.26. The Hall–Kier alpha value is -0.865. The smallest absolute Gasteiger partial charge is 0.399 e. The molecule has 3 rings (SSSR count). The highest BCUT2D eigenvalue weighted by Gasteiger charge is 2.52. The second-order valence-corrected chi connectivity index (χ2v) is 7.21. The van der Waals surface area contributed by atoms with E-state index in [1.807, 2.05) is 0 Å². The van der Waals surface area contributed by atoms with Gasteiger partial charge in [0.1, 0.15) is 0 Å². The van der Waals surface area contributed by atoms with Gasteiger partial charge in [-0.25, -0.2) is 0 Å². The summed E-state index contributed by atoms with van der Waals surface area (Å²) < 4.78 is 12.2. The van der Waals surface area contributed by atoms with Crippen LogP contribution < -0.4 is 5.46 Å². The average molecular weight is 273 g/mol. The first-order valence-corrected chi connectivity index (χ1v) is 7.60. The maximum absolute atomic E-state index is 6.10. The summed E-state index contributed by atoms with van der Waals surface area (Å²) in [4.78, 5) is 4.73. The second kappa shape index (κ2) is 4.57. The van der Waals surface area contributed by atoms with Crippen molar-refractivity contribution < 1.29 is 9.31 Å². The van der Waals surface area contributed by atoms with Crippen LogP contribution in [0.5, 0.6) is 0 Å². The molecule has 1 saturated heterocycles. The van der Waals surface area contributed by atoms with Gasteiger partial charge in [-0.2, -0.15) is 0 Å². The minimum absolute atomic E-state index is 0.295. The van der Waals surface area contributed by atoms with Crippen LogP contribution in [0.1, 0.15) is 51.9 Å². The molecular weight excluding hydrogens is 249 g/mol. The molecule has 108 valence electrons. The number of hydrogen-bond donors (Lipinski definition) is 0. The van der Waals surface area contributed by atoms with Gasteiger partial charge in [-0.1, -0.05) is 6.07 Å². The van der Waals surface area contributed by atoms with E-state index in [1.54, 1.807) is 0 Å². The van der Waals surface area contributed by atoms with Crippen LogP contribution in [-0.2, 0) is 15.7 Å². The first kappa shape index (κ1) is 14.1. The molecule has 0 spiro atoms. The van der Waals surface area contributed by atoms with Crippen LogP contribution in [0.25, 0.3) is 0 Å². The van der Waals surface area contributed by atoms with Gasteiger partial charge in [0, 0.05) is 16.9 Å². The van der Waals surface area contributed by atoms with Crippen LogP contribution in [0.15, 0.2) is 12.1 Å². The van der Waals surface area contributed by atoms with Gasteiger partial charge >= 0.3 is 7.12 Å². The third kappa shape index (κ3) is 2.51. The monoisotopic (exact) mass is 273 g/mol. The van der Waals surface area contributed by atoms with E-state index in [-0.39, 0.29) is 18.3 Å². The molecular formula is C16H24BNO2. The van der Waals surface area contributed by atoms with Gasteiger partial charge in [0.15, 0.2) is 0 Å². The molecule has 1 saturated carbocycles. The summed E-state index contributed by atoms with van der Waals surface area (Å²) in [6.45, 7) is 10.4. The number of rotatable bonds is 3. The molecule has 0 unspecified atom stereocenters. The van der Waals surface area contributed by atoms with Crippen LogP contribution in [0, 0.1) is 12.8 Å². The lowest BCUT2D eigenvalue weighted by atomic mass is 9.78. The SMILES string of the molecule is Cc1nc(CC2CC2)ccc1B1OC(C)(C)C(C)(C)O1. The van der Waals surface area contributed by atoms with Crippen molar-refractivity contribution >= 4 is 12.6 Å². The van der Waals surface area contributed by atoms with Crippen molar-refractivity contribution in [2.24, 2.45) is 5.92 Å². The van der Waals surface area contributed by atoms with Crippen molar-refractivity contribution in [3.63, 3.8) is 0 Å². The van der Waals surface area contributed by atoms with Crippen molar-refractivity contribution in [1.82, 2.24) is 4.98 Å². The normalized spacial score (nSPS) is 24.1. The number of aryl methyl sites for hydroxylation is 1. The molecule has 0 radical (unpaired) electrons. The summed E-state index contributed by atoms with van der Waals surface area (Å²) in [5.74, 6) is 0.865. The van der Waals surface area contributed by atoms with E-state index in [9.17, 15) is 0 Å². The highest BCUT2D eigenvalue weighted by molar-refractivity contribution is 6.62. The fourth-order valence-electron chi connectivity index (χ4n) is 2.57. The molecule has 0 atom stereocenters. The van der Waals surface area contributed by atoms with Gasteiger partial charge in [0.25, 0.3) is 0 Å². The van der Waals surface area contributed by atoms with Crippen LogP contribution >= 0.6 is 0 Å². The zero-order valence-electron chi connectivity index (χ0n) is 13.2. The van der Waals surface area contributed by atoms with Gasteiger partial charge in [-0.3, -0.25) is 4.98 Å².